The van der Waals surface area contributed by atoms with Gasteiger partial charge in [-0.25, -0.2) is 0 Å². The molecular formula is C50H40BN2O2. The normalized spacial score (nSPS) is 13.1. The SMILES string of the molecule is CC(C)(C)c1ccc(Nc2ccc3ccccc3c2-c2ccc3c4cc5c(cc4n4c3c2[B]c2oc3ccc(C(C)(C)C)cc3c2-4)oc2ccccc25)cc1. The number of hydrogen-bond donors (Lipinski definition) is 1. The van der Waals surface area contributed by atoms with E-state index < -0.39 is 0 Å². The molecule has 5 heteroatoms. The zero-order chi connectivity index (χ0) is 37.4. The second kappa shape index (κ2) is 11.2. The van der Waals surface area contributed by atoms with Gasteiger partial charge in [-0.3, -0.25) is 0 Å². The molecule has 55 heavy (non-hydrogen) atoms. The first kappa shape index (κ1) is 32.3. The molecule has 3 aromatic heterocycles. The maximum absolute atomic E-state index is 6.83. The predicted molar refractivity (Wildman–Crippen MR) is 233 cm³/mol. The summed E-state index contributed by atoms with van der Waals surface area (Å²) in [6, 6.07) is 46.2. The van der Waals surface area contributed by atoms with Crippen molar-refractivity contribution in [1.29, 1.82) is 0 Å². The van der Waals surface area contributed by atoms with Crippen molar-refractivity contribution < 1.29 is 8.83 Å². The number of rotatable bonds is 3. The highest BCUT2D eigenvalue weighted by molar-refractivity contribution is 6.73. The molecule has 0 saturated heterocycles. The molecule has 0 amide bonds. The molecule has 0 spiro atoms. The largest absolute Gasteiger partial charge is 0.469 e. The van der Waals surface area contributed by atoms with E-state index in [1.54, 1.807) is 0 Å². The van der Waals surface area contributed by atoms with E-state index in [-0.39, 0.29) is 10.8 Å². The summed E-state index contributed by atoms with van der Waals surface area (Å²) in [5, 5.41) is 12.0. The van der Waals surface area contributed by atoms with Gasteiger partial charge in [-0.15, -0.1) is 0 Å². The standard InChI is InChI=1S/C50H40BN2O2/c1-49(2,3)29-16-19-31(20-17-29)52-39-23-15-28-11-7-8-12-32(28)44(39)35-22-21-34-36-26-37-33-13-9-10-14-41(33)54-43(37)27-40(36)53-46(34)45(35)51-48-47(53)38-25-30(50(4,5)6)18-24-42(38)55-48/h7-27,52H,1-6H3. The third kappa shape index (κ3) is 4.78. The summed E-state index contributed by atoms with van der Waals surface area (Å²) < 4.78 is 15.8. The minimum atomic E-state index is -0.0127. The van der Waals surface area contributed by atoms with Gasteiger partial charge < -0.3 is 18.7 Å². The Morgan fingerprint density at radius 1 is 0.545 bits per heavy atom. The summed E-state index contributed by atoms with van der Waals surface area (Å²) >= 11 is 0. The zero-order valence-corrected chi connectivity index (χ0v) is 32.0. The van der Waals surface area contributed by atoms with Crippen LogP contribution in [0.2, 0.25) is 0 Å². The van der Waals surface area contributed by atoms with Crippen LogP contribution in [0.15, 0.2) is 136 Å². The van der Waals surface area contributed by atoms with Gasteiger partial charge in [-0.2, -0.15) is 0 Å². The highest BCUT2D eigenvalue weighted by Crippen LogP contribution is 2.44. The number of anilines is 2. The summed E-state index contributed by atoms with van der Waals surface area (Å²) in [6.07, 6.45) is 0. The van der Waals surface area contributed by atoms with Gasteiger partial charge in [0.05, 0.1) is 16.9 Å². The lowest BCUT2D eigenvalue weighted by molar-refractivity contribution is 0.590. The van der Waals surface area contributed by atoms with Gasteiger partial charge in [0.25, 0.3) is 0 Å². The third-order valence-electron chi connectivity index (χ3n) is 11.7. The molecule has 265 valence electrons. The molecule has 10 aromatic rings. The van der Waals surface area contributed by atoms with Crippen molar-refractivity contribution in [2.45, 2.75) is 52.4 Å². The van der Waals surface area contributed by atoms with Crippen molar-refractivity contribution in [3.8, 4) is 16.8 Å². The van der Waals surface area contributed by atoms with E-state index in [1.165, 1.54) is 38.2 Å². The third-order valence-corrected chi connectivity index (χ3v) is 11.7. The molecule has 11 rings (SSSR count). The Morgan fingerprint density at radius 3 is 2.07 bits per heavy atom. The first-order valence-electron chi connectivity index (χ1n) is 19.3. The van der Waals surface area contributed by atoms with Crippen LogP contribution in [0.25, 0.3) is 82.3 Å². The van der Waals surface area contributed by atoms with Gasteiger partial charge in [0, 0.05) is 55.5 Å². The van der Waals surface area contributed by atoms with Crippen LogP contribution < -0.4 is 16.4 Å². The fraction of sp³-hybridized carbons (Fsp3) is 0.160. The van der Waals surface area contributed by atoms with E-state index in [0.29, 0.717) is 0 Å². The first-order chi connectivity index (χ1) is 26.5. The van der Waals surface area contributed by atoms with Crippen LogP contribution in [-0.2, 0) is 10.8 Å². The lowest BCUT2D eigenvalue weighted by Crippen LogP contribution is -2.36. The van der Waals surface area contributed by atoms with Crippen LogP contribution in [0.5, 0.6) is 0 Å². The van der Waals surface area contributed by atoms with E-state index >= 15 is 0 Å². The summed E-state index contributed by atoms with van der Waals surface area (Å²) in [6.45, 7) is 13.6. The average Bonchev–Trinajstić information content (AvgIpc) is 3.83. The Morgan fingerprint density at radius 2 is 1.27 bits per heavy atom. The van der Waals surface area contributed by atoms with Gasteiger partial charge in [0.1, 0.15) is 16.7 Å². The molecule has 1 aliphatic heterocycles. The second-order valence-electron chi connectivity index (χ2n) is 17.3. The number of nitrogens with zero attached hydrogens (tertiary/aromatic N) is 1. The Labute approximate surface area is 320 Å². The maximum atomic E-state index is 6.83. The number of benzene rings is 7. The van der Waals surface area contributed by atoms with Crippen molar-refractivity contribution in [3.05, 3.63) is 139 Å². The monoisotopic (exact) mass is 711 g/mol. The minimum absolute atomic E-state index is 0.0127. The van der Waals surface area contributed by atoms with Crippen LogP contribution in [0.4, 0.5) is 11.4 Å². The fourth-order valence-corrected chi connectivity index (χ4v) is 8.85. The van der Waals surface area contributed by atoms with E-state index in [2.05, 4.69) is 180 Å². The van der Waals surface area contributed by atoms with E-state index in [4.69, 9.17) is 8.83 Å². The van der Waals surface area contributed by atoms with Crippen molar-refractivity contribution in [1.82, 2.24) is 4.57 Å². The van der Waals surface area contributed by atoms with Crippen molar-refractivity contribution in [3.63, 3.8) is 0 Å². The van der Waals surface area contributed by atoms with Crippen LogP contribution >= 0.6 is 0 Å². The molecule has 1 N–H and O–H groups in total. The highest BCUT2D eigenvalue weighted by Gasteiger charge is 2.32. The Balaban J connectivity index is 1.22. The summed E-state index contributed by atoms with van der Waals surface area (Å²) in [5.41, 5.74) is 15.1. The van der Waals surface area contributed by atoms with Crippen molar-refractivity contribution in [2.75, 3.05) is 5.32 Å². The van der Waals surface area contributed by atoms with Crippen LogP contribution in [0, 0.1) is 0 Å². The molecule has 0 atom stereocenters. The van der Waals surface area contributed by atoms with Crippen LogP contribution in [0.3, 0.4) is 0 Å². The molecule has 4 nitrogen and oxygen atoms in total. The first-order valence-corrected chi connectivity index (χ1v) is 19.3. The molecule has 1 radical (unpaired) electrons. The van der Waals surface area contributed by atoms with Crippen LogP contribution in [0.1, 0.15) is 52.7 Å². The quantitative estimate of drug-likeness (QED) is 0.186. The van der Waals surface area contributed by atoms with E-state index in [1.807, 2.05) is 6.07 Å². The van der Waals surface area contributed by atoms with E-state index in [0.717, 1.165) is 77.7 Å². The summed E-state index contributed by atoms with van der Waals surface area (Å²) in [5.74, 6) is 0. The molecule has 0 saturated carbocycles. The van der Waals surface area contributed by atoms with Crippen molar-refractivity contribution in [2.24, 2.45) is 0 Å². The number of aromatic nitrogens is 1. The molecule has 0 fully saturated rings. The number of nitrogens with one attached hydrogen (secondary N) is 1. The lowest BCUT2D eigenvalue weighted by atomic mass is 9.62. The maximum Gasteiger partial charge on any atom is 0.247 e. The lowest BCUT2D eigenvalue weighted by Gasteiger charge is -2.23. The van der Waals surface area contributed by atoms with Gasteiger partial charge in [-0.1, -0.05) is 120 Å². The summed E-state index contributed by atoms with van der Waals surface area (Å²) in [7, 11) is 2.28. The van der Waals surface area contributed by atoms with E-state index in [9.17, 15) is 0 Å². The fourth-order valence-electron chi connectivity index (χ4n) is 8.85. The number of furan rings is 2. The number of para-hydroxylation sites is 1. The molecule has 7 aromatic carbocycles. The van der Waals surface area contributed by atoms with Crippen molar-refractivity contribution >= 4 is 95.3 Å². The van der Waals surface area contributed by atoms with Crippen LogP contribution in [-0.4, -0.2) is 11.8 Å². The predicted octanol–water partition coefficient (Wildman–Crippen LogP) is 12.6. The molecule has 0 unspecified atom stereocenters. The van der Waals surface area contributed by atoms with Gasteiger partial charge in [0.15, 0.2) is 0 Å². The van der Waals surface area contributed by atoms with Gasteiger partial charge >= 0.3 is 0 Å². The molecule has 4 heterocycles. The average molecular weight is 712 g/mol. The van der Waals surface area contributed by atoms with Gasteiger partial charge in [-0.05, 0) is 86.2 Å². The zero-order valence-electron chi connectivity index (χ0n) is 32.0. The smallest absolute Gasteiger partial charge is 0.247 e. The number of hydrogen-bond acceptors (Lipinski definition) is 3. The molecule has 1 aliphatic rings. The topological polar surface area (TPSA) is 43.2 Å². The minimum Gasteiger partial charge on any atom is -0.469 e. The Kier molecular flexibility index (Phi) is 6.55. The summed E-state index contributed by atoms with van der Waals surface area (Å²) in [4.78, 5) is 0. The second-order valence-corrected chi connectivity index (χ2v) is 17.3. The Hall–Kier alpha value is -6.20. The number of fused-ring (bicyclic) bond motifs is 11. The molecular weight excluding hydrogens is 671 g/mol. The molecule has 0 bridgehead atoms. The Bertz CT molecular complexity index is 3220. The van der Waals surface area contributed by atoms with Gasteiger partial charge in [0.2, 0.25) is 7.28 Å². The highest BCUT2D eigenvalue weighted by atomic mass is 16.3. The molecule has 0 aliphatic carbocycles.